The molecule has 0 aliphatic rings. The van der Waals surface area contributed by atoms with Crippen molar-refractivity contribution >= 4 is 59.3 Å². The molecule has 0 atom stereocenters. The highest BCUT2D eigenvalue weighted by Crippen LogP contribution is 2.28. The van der Waals surface area contributed by atoms with Crippen molar-refractivity contribution < 1.29 is 4.79 Å². The van der Waals surface area contributed by atoms with Crippen molar-refractivity contribution in [2.75, 3.05) is 5.32 Å². The number of nitrogens with one attached hydrogen (secondary N) is 1. The van der Waals surface area contributed by atoms with Gasteiger partial charge in [-0.15, -0.1) is 11.3 Å². The number of fused-ring (bicyclic) bond motifs is 3. The molecule has 0 aliphatic heterocycles. The van der Waals surface area contributed by atoms with Crippen molar-refractivity contribution in [2.24, 2.45) is 0 Å². The van der Waals surface area contributed by atoms with Gasteiger partial charge in [0.2, 0.25) is 5.91 Å². The molecule has 0 spiro atoms. The van der Waals surface area contributed by atoms with Gasteiger partial charge in [0.05, 0.1) is 11.8 Å². The van der Waals surface area contributed by atoms with E-state index in [-0.39, 0.29) is 18.0 Å². The largest absolute Gasteiger partial charge is 0.325 e. The molecule has 130 valence electrons. The number of halogens is 1. The summed E-state index contributed by atoms with van der Waals surface area (Å²) in [5.74, 6) is -0.283. The number of aromatic nitrogens is 3. The molecular formula is C18H13BrN4O2S. The van der Waals surface area contributed by atoms with E-state index in [0.717, 1.165) is 20.3 Å². The Labute approximate surface area is 160 Å². The standard InChI is InChI=1S/C18H13BrN4O2S/c1-10-7-11(4-5-13(10)19)22-14(24)8-23-9-21-15-12-3-2-6-20-17(12)26-16(15)18(23)25/h2-7,9H,8H2,1H3,(H,22,24). The first-order valence-corrected chi connectivity index (χ1v) is 9.42. The van der Waals surface area contributed by atoms with Gasteiger partial charge < -0.3 is 5.32 Å². The van der Waals surface area contributed by atoms with Crippen LogP contribution in [0.4, 0.5) is 5.69 Å². The number of pyridine rings is 1. The molecule has 1 aromatic carbocycles. The number of thiophene rings is 1. The van der Waals surface area contributed by atoms with Gasteiger partial charge in [0, 0.05) is 21.7 Å². The zero-order chi connectivity index (χ0) is 18.3. The first kappa shape index (κ1) is 16.9. The number of rotatable bonds is 3. The smallest absolute Gasteiger partial charge is 0.271 e. The number of amides is 1. The molecule has 8 heteroatoms. The van der Waals surface area contributed by atoms with Crippen LogP contribution in [0.3, 0.4) is 0 Å². The van der Waals surface area contributed by atoms with Crippen LogP contribution in [-0.4, -0.2) is 20.4 Å². The van der Waals surface area contributed by atoms with Crippen LogP contribution in [0.25, 0.3) is 20.4 Å². The van der Waals surface area contributed by atoms with E-state index in [0.29, 0.717) is 15.9 Å². The zero-order valence-corrected chi connectivity index (χ0v) is 16.1. The fourth-order valence-electron chi connectivity index (χ4n) is 2.69. The lowest BCUT2D eigenvalue weighted by molar-refractivity contribution is -0.116. The van der Waals surface area contributed by atoms with E-state index in [1.165, 1.54) is 22.2 Å². The maximum Gasteiger partial charge on any atom is 0.271 e. The van der Waals surface area contributed by atoms with Crippen LogP contribution in [0.5, 0.6) is 0 Å². The van der Waals surface area contributed by atoms with Gasteiger partial charge in [-0.2, -0.15) is 0 Å². The summed E-state index contributed by atoms with van der Waals surface area (Å²) in [7, 11) is 0. The molecule has 0 fully saturated rings. The Morgan fingerprint density at radius 3 is 2.96 bits per heavy atom. The average Bonchev–Trinajstić information content (AvgIpc) is 3.00. The van der Waals surface area contributed by atoms with Crippen LogP contribution in [0.1, 0.15) is 5.56 Å². The Kier molecular flexibility index (Phi) is 4.29. The van der Waals surface area contributed by atoms with E-state index < -0.39 is 0 Å². The van der Waals surface area contributed by atoms with Gasteiger partial charge in [0.1, 0.15) is 16.1 Å². The summed E-state index contributed by atoms with van der Waals surface area (Å²) in [6.45, 7) is 1.84. The Bertz CT molecular complexity index is 1210. The van der Waals surface area contributed by atoms with E-state index >= 15 is 0 Å². The molecule has 0 aliphatic carbocycles. The minimum absolute atomic E-state index is 0.0987. The van der Waals surface area contributed by atoms with Crippen molar-refractivity contribution in [3.63, 3.8) is 0 Å². The first-order chi connectivity index (χ1) is 12.5. The van der Waals surface area contributed by atoms with Gasteiger partial charge in [0.25, 0.3) is 5.56 Å². The summed E-state index contributed by atoms with van der Waals surface area (Å²) in [4.78, 5) is 34.4. The quantitative estimate of drug-likeness (QED) is 0.539. The fraction of sp³-hybridized carbons (Fsp3) is 0.111. The summed E-state index contributed by atoms with van der Waals surface area (Å²) in [6, 6.07) is 9.24. The van der Waals surface area contributed by atoms with E-state index in [2.05, 4.69) is 31.2 Å². The van der Waals surface area contributed by atoms with Gasteiger partial charge in [-0.25, -0.2) is 9.97 Å². The van der Waals surface area contributed by atoms with Crippen molar-refractivity contribution in [1.29, 1.82) is 0 Å². The second-order valence-electron chi connectivity index (χ2n) is 5.83. The normalized spacial score (nSPS) is 11.2. The van der Waals surface area contributed by atoms with Crippen molar-refractivity contribution in [2.45, 2.75) is 13.5 Å². The highest BCUT2D eigenvalue weighted by Gasteiger charge is 2.13. The molecule has 3 aromatic heterocycles. The summed E-state index contributed by atoms with van der Waals surface area (Å²) in [6.07, 6.45) is 3.10. The van der Waals surface area contributed by atoms with Crippen LogP contribution < -0.4 is 10.9 Å². The maximum atomic E-state index is 12.7. The lowest BCUT2D eigenvalue weighted by Gasteiger charge is -2.08. The Balaban J connectivity index is 1.63. The van der Waals surface area contributed by atoms with Crippen molar-refractivity contribution in [1.82, 2.24) is 14.5 Å². The molecule has 1 N–H and O–H groups in total. The van der Waals surface area contributed by atoms with Gasteiger partial charge >= 0.3 is 0 Å². The molecule has 0 radical (unpaired) electrons. The summed E-state index contributed by atoms with van der Waals surface area (Å²) in [5.41, 5.74) is 2.09. The number of benzene rings is 1. The molecule has 3 heterocycles. The second kappa shape index (κ2) is 6.62. The summed E-state index contributed by atoms with van der Waals surface area (Å²) in [5, 5.41) is 3.66. The van der Waals surface area contributed by atoms with Crippen LogP contribution in [0.2, 0.25) is 0 Å². The molecule has 6 nitrogen and oxygen atoms in total. The monoisotopic (exact) mass is 428 g/mol. The Morgan fingerprint density at radius 2 is 2.15 bits per heavy atom. The number of nitrogens with zero attached hydrogens (tertiary/aromatic N) is 3. The molecule has 4 rings (SSSR count). The minimum Gasteiger partial charge on any atom is -0.325 e. The number of hydrogen-bond acceptors (Lipinski definition) is 5. The average molecular weight is 429 g/mol. The van der Waals surface area contributed by atoms with E-state index in [4.69, 9.17) is 0 Å². The molecule has 1 amide bonds. The van der Waals surface area contributed by atoms with Gasteiger partial charge in [0.15, 0.2) is 0 Å². The van der Waals surface area contributed by atoms with Crippen LogP contribution in [0, 0.1) is 6.92 Å². The van der Waals surface area contributed by atoms with Gasteiger partial charge in [-0.3, -0.25) is 14.2 Å². The molecule has 0 unspecified atom stereocenters. The summed E-state index contributed by atoms with van der Waals surface area (Å²) < 4.78 is 2.80. The third-order valence-corrected chi connectivity index (χ3v) is 5.96. The summed E-state index contributed by atoms with van der Waals surface area (Å²) >= 11 is 4.72. The predicted octanol–water partition coefficient (Wildman–Crippen LogP) is 3.72. The van der Waals surface area contributed by atoms with Gasteiger partial charge in [-0.05, 0) is 42.8 Å². The molecule has 0 saturated heterocycles. The zero-order valence-electron chi connectivity index (χ0n) is 13.7. The minimum atomic E-state index is -0.283. The van der Waals surface area contributed by atoms with Crippen molar-refractivity contribution in [3.05, 3.63) is 63.2 Å². The first-order valence-electron chi connectivity index (χ1n) is 7.81. The van der Waals surface area contributed by atoms with E-state index in [1.54, 1.807) is 12.3 Å². The molecule has 0 saturated carbocycles. The van der Waals surface area contributed by atoms with E-state index in [9.17, 15) is 9.59 Å². The number of hydrogen-bond donors (Lipinski definition) is 1. The highest BCUT2D eigenvalue weighted by molar-refractivity contribution is 9.10. The highest BCUT2D eigenvalue weighted by atomic mass is 79.9. The van der Waals surface area contributed by atoms with E-state index in [1.807, 2.05) is 31.2 Å². The third kappa shape index (κ3) is 3.02. The SMILES string of the molecule is Cc1cc(NC(=O)Cn2cnc3c(sc4ncccc43)c2=O)ccc1Br. The van der Waals surface area contributed by atoms with Gasteiger partial charge in [-0.1, -0.05) is 15.9 Å². The Morgan fingerprint density at radius 1 is 1.31 bits per heavy atom. The molecule has 4 aromatic rings. The predicted molar refractivity (Wildman–Crippen MR) is 107 cm³/mol. The fourth-order valence-corrected chi connectivity index (χ4v) is 3.99. The van der Waals surface area contributed by atoms with Crippen LogP contribution in [-0.2, 0) is 11.3 Å². The maximum absolute atomic E-state index is 12.7. The third-order valence-electron chi connectivity index (χ3n) is 3.98. The van der Waals surface area contributed by atoms with Crippen LogP contribution in [0.15, 0.2) is 52.1 Å². The topological polar surface area (TPSA) is 76.9 Å². The number of anilines is 1. The second-order valence-corrected chi connectivity index (χ2v) is 7.68. The number of carbonyl (C=O) groups excluding carboxylic acids is 1. The number of aryl methyl sites for hydroxylation is 1. The molecular weight excluding hydrogens is 416 g/mol. The molecule has 26 heavy (non-hydrogen) atoms. The van der Waals surface area contributed by atoms with Crippen molar-refractivity contribution in [3.8, 4) is 0 Å². The number of carbonyl (C=O) groups is 1. The lowest BCUT2D eigenvalue weighted by atomic mass is 10.2. The molecule has 0 bridgehead atoms. The van der Waals surface area contributed by atoms with Crippen LogP contribution >= 0.6 is 27.3 Å². The Hall–Kier alpha value is -2.58. The lowest BCUT2D eigenvalue weighted by Crippen LogP contribution is -2.27.